The van der Waals surface area contributed by atoms with E-state index in [1.54, 1.807) is 23.4 Å². The van der Waals surface area contributed by atoms with E-state index < -0.39 is 12.1 Å². The van der Waals surface area contributed by atoms with Crippen molar-refractivity contribution >= 4 is 17.6 Å². The Morgan fingerprint density at radius 2 is 1.73 bits per heavy atom. The molecule has 1 aliphatic rings. The summed E-state index contributed by atoms with van der Waals surface area (Å²) in [5, 5.41) is 4.49. The standard InChI is InChI=1S/C24H25N3O3/c1-15-14-19-10-8-9-13-21(19)26(15)23(28)18(4)30-24(29)22-16(2)25-27(17(22)3)20-11-6-5-7-12-20/h5-13,15,18H,14H2,1-4H3/t15-,18+/m1/s1. The lowest BCUT2D eigenvalue weighted by molar-refractivity contribution is -0.126. The molecule has 1 amide bonds. The minimum absolute atomic E-state index is 0.0281. The SMILES string of the molecule is Cc1nn(-c2ccccc2)c(C)c1C(=O)O[C@@H](C)C(=O)N1c2ccccc2C[C@H]1C. The Labute approximate surface area is 176 Å². The van der Waals surface area contributed by atoms with E-state index in [-0.39, 0.29) is 11.9 Å². The maximum absolute atomic E-state index is 13.1. The maximum Gasteiger partial charge on any atom is 0.342 e. The number of nitrogens with zero attached hydrogens (tertiary/aromatic N) is 3. The molecule has 3 aromatic rings. The van der Waals surface area contributed by atoms with Crippen molar-refractivity contribution in [1.82, 2.24) is 9.78 Å². The first-order chi connectivity index (χ1) is 14.4. The number of carbonyl (C=O) groups excluding carboxylic acids is 2. The minimum Gasteiger partial charge on any atom is -0.449 e. The summed E-state index contributed by atoms with van der Waals surface area (Å²) in [5.41, 5.74) is 4.54. The molecular weight excluding hydrogens is 378 g/mol. The van der Waals surface area contributed by atoms with Gasteiger partial charge in [-0.2, -0.15) is 5.10 Å². The lowest BCUT2D eigenvalue weighted by atomic mass is 10.1. The van der Waals surface area contributed by atoms with Gasteiger partial charge in [-0.25, -0.2) is 9.48 Å². The van der Waals surface area contributed by atoms with Gasteiger partial charge in [0.05, 0.1) is 17.1 Å². The summed E-state index contributed by atoms with van der Waals surface area (Å²) in [6, 6.07) is 17.5. The van der Waals surface area contributed by atoms with Crippen LogP contribution in [0.15, 0.2) is 54.6 Å². The molecule has 0 unspecified atom stereocenters. The van der Waals surface area contributed by atoms with Gasteiger partial charge in [-0.3, -0.25) is 4.79 Å². The molecule has 0 saturated heterocycles. The molecule has 0 bridgehead atoms. The van der Waals surface area contributed by atoms with E-state index in [4.69, 9.17) is 4.74 Å². The van der Waals surface area contributed by atoms with Crippen LogP contribution in [0.2, 0.25) is 0 Å². The first kappa shape index (κ1) is 19.9. The van der Waals surface area contributed by atoms with Gasteiger partial charge in [-0.15, -0.1) is 0 Å². The van der Waals surface area contributed by atoms with Gasteiger partial charge in [0.15, 0.2) is 6.10 Å². The van der Waals surface area contributed by atoms with Crippen LogP contribution >= 0.6 is 0 Å². The van der Waals surface area contributed by atoms with Crippen molar-refractivity contribution in [2.45, 2.75) is 46.3 Å². The van der Waals surface area contributed by atoms with Crippen molar-refractivity contribution in [2.24, 2.45) is 0 Å². The molecule has 1 aromatic heterocycles. The molecule has 0 radical (unpaired) electrons. The van der Waals surface area contributed by atoms with Crippen LogP contribution in [-0.2, 0) is 16.0 Å². The summed E-state index contributed by atoms with van der Waals surface area (Å²) in [5.74, 6) is -0.750. The highest BCUT2D eigenvalue weighted by molar-refractivity contribution is 6.01. The monoisotopic (exact) mass is 403 g/mol. The number of para-hydroxylation sites is 2. The van der Waals surface area contributed by atoms with E-state index in [9.17, 15) is 9.59 Å². The summed E-state index contributed by atoms with van der Waals surface area (Å²) in [6.45, 7) is 7.23. The normalized spacial score (nSPS) is 16.3. The molecule has 30 heavy (non-hydrogen) atoms. The number of aromatic nitrogens is 2. The van der Waals surface area contributed by atoms with Gasteiger partial charge < -0.3 is 9.64 Å². The number of aryl methyl sites for hydroxylation is 1. The number of hydrogen-bond acceptors (Lipinski definition) is 4. The zero-order valence-electron chi connectivity index (χ0n) is 17.6. The Morgan fingerprint density at radius 3 is 2.47 bits per heavy atom. The summed E-state index contributed by atoms with van der Waals surface area (Å²) in [4.78, 5) is 27.8. The molecule has 0 saturated carbocycles. The Morgan fingerprint density at radius 1 is 1.07 bits per heavy atom. The molecular formula is C24H25N3O3. The number of anilines is 1. The number of carbonyl (C=O) groups is 2. The molecule has 2 aromatic carbocycles. The second kappa shape index (κ2) is 7.78. The molecule has 0 fully saturated rings. The van der Waals surface area contributed by atoms with Crippen LogP contribution in [0.4, 0.5) is 5.69 Å². The van der Waals surface area contributed by atoms with Crippen molar-refractivity contribution in [2.75, 3.05) is 4.90 Å². The lowest BCUT2D eigenvalue weighted by Gasteiger charge is -2.26. The minimum atomic E-state index is -0.898. The smallest absolute Gasteiger partial charge is 0.342 e. The van der Waals surface area contributed by atoms with Crippen molar-refractivity contribution in [1.29, 1.82) is 0 Å². The van der Waals surface area contributed by atoms with Gasteiger partial charge in [0.1, 0.15) is 5.56 Å². The predicted octanol–water partition coefficient (Wildman–Crippen LogP) is 4.01. The van der Waals surface area contributed by atoms with E-state index in [1.807, 2.05) is 68.4 Å². The third-order valence-electron chi connectivity index (χ3n) is 5.57. The van der Waals surface area contributed by atoms with Crippen LogP contribution in [0.25, 0.3) is 5.69 Å². The molecule has 2 heterocycles. The third kappa shape index (κ3) is 3.38. The van der Waals surface area contributed by atoms with Gasteiger partial charge in [0.2, 0.25) is 0 Å². The molecule has 6 heteroatoms. The van der Waals surface area contributed by atoms with E-state index >= 15 is 0 Å². The predicted molar refractivity (Wildman–Crippen MR) is 115 cm³/mol. The van der Waals surface area contributed by atoms with Gasteiger partial charge in [-0.1, -0.05) is 36.4 Å². The van der Waals surface area contributed by atoms with E-state index in [0.717, 1.165) is 23.4 Å². The van der Waals surface area contributed by atoms with E-state index in [1.165, 1.54) is 0 Å². The van der Waals surface area contributed by atoms with Crippen LogP contribution in [0.5, 0.6) is 0 Å². The molecule has 0 spiro atoms. The molecule has 2 atom stereocenters. The van der Waals surface area contributed by atoms with Gasteiger partial charge >= 0.3 is 5.97 Å². The molecule has 6 nitrogen and oxygen atoms in total. The number of rotatable bonds is 4. The fraction of sp³-hybridized carbons (Fsp3) is 0.292. The summed E-state index contributed by atoms with van der Waals surface area (Å²) in [7, 11) is 0. The van der Waals surface area contributed by atoms with Crippen molar-refractivity contribution < 1.29 is 14.3 Å². The van der Waals surface area contributed by atoms with E-state index in [0.29, 0.717) is 17.0 Å². The van der Waals surface area contributed by atoms with Crippen LogP contribution in [-0.4, -0.2) is 33.8 Å². The Bertz CT molecular complexity index is 1100. The van der Waals surface area contributed by atoms with Gasteiger partial charge in [0.25, 0.3) is 5.91 Å². The number of benzene rings is 2. The summed E-state index contributed by atoms with van der Waals surface area (Å²) < 4.78 is 7.32. The van der Waals surface area contributed by atoms with Crippen LogP contribution in [0, 0.1) is 13.8 Å². The molecule has 4 rings (SSSR count). The summed E-state index contributed by atoms with van der Waals surface area (Å²) in [6.07, 6.45) is -0.102. The second-order valence-corrected chi connectivity index (χ2v) is 7.73. The van der Waals surface area contributed by atoms with Gasteiger partial charge in [0, 0.05) is 11.7 Å². The number of ether oxygens (including phenoxy) is 1. The number of esters is 1. The average Bonchev–Trinajstić information content (AvgIpc) is 3.22. The van der Waals surface area contributed by atoms with Crippen molar-refractivity contribution in [3.05, 3.63) is 77.1 Å². The van der Waals surface area contributed by atoms with Crippen LogP contribution < -0.4 is 4.90 Å². The van der Waals surface area contributed by atoms with Crippen LogP contribution in [0.3, 0.4) is 0 Å². The molecule has 0 aliphatic carbocycles. The highest BCUT2D eigenvalue weighted by Gasteiger charge is 2.35. The number of fused-ring (bicyclic) bond motifs is 1. The Hall–Kier alpha value is -3.41. The van der Waals surface area contributed by atoms with Gasteiger partial charge in [-0.05, 0) is 57.9 Å². The highest BCUT2D eigenvalue weighted by atomic mass is 16.5. The lowest BCUT2D eigenvalue weighted by Crippen LogP contribution is -2.43. The first-order valence-corrected chi connectivity index (χ1v) is 10.1. The van der Waals surface area contributed by atoms with Crippen molar-refractivity contribution in [3.63, 3.8) is 0 Å². The number of hydrogen-bond donors (Lipinski definition) is 0. The average molecular weight is 403 g/mol. The fourth-order valence-corrected chi connectivity index (χ4v) is 4.13. The zero-order chi connectivity index (χ0) is 21.4. The van der Waals surface area contributed by atoms with Crippen LogP contribution in [0.1, 0.15) is 41.2 Å². The highest BCUT2D eigenvalue weighted by Crippen LogP contribution is 2.32. The fourth-order valence-electron chi connectivity index (χ4n) is 4.13. The largest absolute Gasteiger partial charge is 0.449 e. The maximum atomic E-state index is 13.1. The topological polar surface area (TPSA) is 64.4 Å². The Balaban J connectivity index is 1.55. The second-order valence-electron chi connectivity index (χ2n) is 7.73. The zero-order valence-corrected chi connectivity index (χ0v) is 17.6. The molecule has 154 valence electrons. The quantitative estimate of drug-likeness (QED) is 0.618. The van der Waals surface area contributed by atoms with E-state index in [2.05, 4.69) is 5.10 Å². The first-order valence-electron chi connectivity index (χ1n) is 10.1. The summed E-state index contributed by atoms with van der Waals surface area (Å²) >= 11 is 0. The molecule has 0 N–H and O–H groups in total. The number of amides is 1. The Kier molecular flexibility index (Phi) is 5.16. The third-order valence-corrected chi connectivity index (χ3v) is 5.57. The van der Waals surface area contributed by atoms with Crippen molar-refractivity contribution in [3.8, 4) is 5.69 Å². The molecule has 1 aliphatic heterocycles.